The number of amides is 1. The number of para-hydroxylation sites is 1. The minimum absolute atomic E-state index is 0.228. The third-order valence-corrected chi connectivity index (χ3v) is 6.61. The van der Waals surface area contributed by atoms with E-state index in [0.29, 0.717) is 39.3 Å². The smallest absolute Gasteiger partial charge is 0.295 e. The van der Waals surface area contributed by atoms with Gasteiger partial charge >= 0.3 is 0 Å². The number of benzene rings is 2. The predicted molar refractivity (Wildman–Crippen MR) is 129 cm³/mol. The molecule has 0 N–H and O–H groups in total. The molecule has 4 rings (SSSR count). The number of hydrogen-bond acceptors (Lipinski definition) is 7. The Morgan fingerprint density at radius 3 is 2.62 bits per heavy atom. The summed E-state index contributed by atoms with van der Waals surface area (Å²) in [6.07, 6.45) is 0.767. The quantitative estimate of drug-likeness (QED) is 0.345. The molecule has 4 aromatic rings. The molecular weight excluding hydrogens is 450 g/mol. The largest absolute Gasteiger partial charge is 0.494 e. The minimum Gasteiger partial charge on any atom is -0.494 e. The highest BCUT2D eigenvalue weighted by molar-refractivity contribution is 7.23. The van der Waals surface area contributed by atoms with Crippen molar-refractivity contribution in [2.24, 2.45) is 0 Å². The topological polar surface area (TPSA) is 68.0 Å². The fourth-order valence-corrected chi connectivity index (χ4v) is 4.77. The van der Waals surface area contributed by atoms with E-state index in [4.69, 9.17) is 30.5 Å². The molecule has 32 heavy (non-hydrogen) atoms. The summed E-state index contributed by atoms with van der Waals surface area (Å²) < 4.78 is 17.5. The van der Waals surface area contributed by atoms with Gasteiger partial charge in [-0.15, -0.1) is 0 Å². The van der Waals surface area contributed by atoms with Crippen LogP contribution in [0.5, 0.6) is 11.5 Å². The number of anilines is 1. The van der Waals surface area contributed by atoms with E-state index in [0.717, 1.165) is 23.1 Å². The molecule has 0 aliphatic carbocycles. The molecule has 0 saturated heterocycles. The number of fused-ring (bicyclic) bond motifs is 2. The molecule has 0 saturated carbocycles. The van der Waals surface area contributed by atoms with E-state index in [9.17, 15) is 4.79 Å². The number of aromatic nitrogens is 1. The number of nitrogens with zero attached hydrogens (tertiary/aromatic N) is 3. The molecule has 7 nitrogen and oxygen atoms in total. The molecule has 0 bridgehead atoms. The second kappa shape index (κ2) is 9.36. The third kappa shape index (κ3) is 4.26. The van der Waals surface area contributed by atoms with Gasteiger partial charge in [0.25, 0.3) is 5.91 Å². The second-order valence-corrected chi connectivity index (χ2v) is 8.91. The highest BCUT2D eigenvalue weighted by atomic mass is 35.5. The van der Waals surface area contributed by atoms with Gasteiger partial charge in [0, 0.05) is 11.9 Å². The van der Waals surface area contributed by atoms with Crippen LogP contribution in [0, 0.1) is 0 Å². The van der Waals surface area contributed by atoms with Gasteiger partial charge in [-0.25, -0.2) is 4.98 Å². The Kier molecular flexibility index (Phi) is 6.55. The number of rotatable bonds is 8. The van der Waals surface area contributed by atoms with Crippen LogP contribution in [0.3, 0.4) is 0 Å². The van der Waals surface area contributed by atoms with Gasteiger partial charge in [0.2, 0.25) is 0 Å². The molecule has 0 aliphatic heterocycles. The Balaban J connectivity index is 1.76. The lowest BCUT2D eigenvalue weighted by atomic mass is 10.2. The lowest BCUT2D eigenvalue weighted by Crippen LogP contribution is -2.33. The molecular formula is C23H24ClN3O4S. The average molecular weight is 474 g/mol. The molecule has 168 valence electrons. The molecule has 9 heteroatoms. The van der Waals surface area contributed by atoms with Crippen LogP contribution >= 0.6 is 22.9 Å². The molecule has 1 amide bonds. The molecule has 0 unspecified atom stereocenters. The molecule has 0 aliphatic rings. The van der Waals surface area contributed by atoms with Crippen molar-refractivity contribution in [3.63, 3.8) is 0 Å². The van der Waals surface area contributed by atoms with Crippen LogP contribution in [0.25, 0.3) is 21.2 Å². The number of ether oxygens (including phenoxy) is 2. The maximum absolute atomic E-state index is 13.6. The molecule has 0 spiro atoms. The molecule has 0 radical (unpaired) electrons. The first-order chi connectivity index (χ1) is 15.4. The summed E-state index contributed by atoms with van der Waals surface area (Å²) in [5, 5.41) is 1.91. The summed E-state index contributed by atoms with van der Waals surface area (Å²) in [5.41, 5.74) is 1.18. The lowest BCUT2D eigenvalue weighted by Gasteiger charge is -2.19. The summed E-state index contributed by atoms with van der Waals surface area (Å²) >= 11 is 7.77. The van der Waals surface area contributed by atoms with Crippen LogP contribution in [0.15, 0.2) is 40.8 Å². The zero-order chi connectivity index (χ0) is 22.8. The van der Waals surface area contributed by atoms with Crippen LogP contribution in [0.1, 0.15) is 17.0 Å². The van der Waals surface area contributed by atoms with Gasteiger partial charge in [0.05, 0.1) is 23.9 Å². The van der Waals surface area contributed by atoms with Gasteiger partial charge in [-0.05, 0) is 51.3 Å². The Morgan fingerprint density at radius 2 is 1.91 bits per heavy atom. The molecule has 0 atom stereocenters. The Hall–Kier alpha value is -2.81. The Morgan fingerprint density at radius 1 is 1.12 bits per heavy atom. The van der Waals surface area contributed by atoms with Crippen LogP contribution in [-0.2, 0) is 0 Å². The second-order valence-electron chi connectivity index (χ2n) is 7.53. The van der Waals surface area contributed by atoms with E-state index >= 15 is 0 Å². The van der Waals surface area contributed by atoms with Gasteiger partial charge in [-0.3, -0.25) is 9.69 Å². The van der Waals surface area contributed by atoms with Gasteiger partial charge in [-0.2, -0.15) is 0 Å². The van der Waals surface area contributed by atoms with E-state index in [1.807, 2.05) is 26.2 Å². The predicted octanol–water partition coefficient (Wildman–Crippen LogP) is 5.31. The SMILES string of the molecule is COc1ccc(Cl)c2sc(N(CCCN(C)C)C(=O)c3cc4cccc(OC)c4o3)nc12. The van der Waals surface area contributed by atoms with Crippen LogP contribution in [-0.4, -0.2) is 57.2 Å². The van der Waals surface area contributed by atoms with Gasteiger partial charge in [0.1, 0.15) is 11.3 Å². The first kappa shape index (κ1) is 22.4. The summed E-state index contributed by atoms with van der Waals surface area (Å²) in [6, 6.07) is 10.8. The van der Waals surface area contributed by atoms with Gasteiger partial charge in [-0.1, -0.05) is 35.1 Å². The van der Waals surface area contributed by atoms with Crippen LogP contribution < -0.4 is 14.4 Å². The van der Waals surface area contributed by atoms with E-state index in [1.165, 1.54) is 11.3 Å². The highest BCUT2D eigenvalue weighted by Gasteiger charge is 2.26. The zero-order valence-electron chi connectivity index (χ0n) is 18.3. The summed E-state index contributed by atoms with van der Waals surface area (Å²) in [5.74, 6) is 1.15. The first-order valence-corrected chi connectivity index (χ1v) is 11.3. The Labute approximate surface area is 195 Å². The number of methoxy groups -OCH3 is 2. The first-order valence-electron chi connectivity index (χ1n) is 10.1. The number of carbonyl (C=O) groups is 1. The number of furan rings is 1. The normalized spacial score (nSPS) is 11.4. The van der Waals surface area contributed by atoms with Crippen molar-refractivity contribution in [2.75, 3.05) is 46.3 Å². The van der Waals surface area contributed by atoms with Crippen LogP contribution in [0.2, 0.25) is 5.02 Å². The number of hydrogen-bond donors (Lipinski definition) is 0. The van der Waals surface area contributed by atoms with E-state index < -0.39 is 0 Å². The number of thiazole rings is 1. The van der Waals surface area contributed by atoms with Gasteiger partial charge < -0.3 is 18.8 Å². The van der Waals surface area contributed by atoms with E-state index in [1.54, 1.807) is 43.4 Å². The van der Waals surface area contributed by atoms with Crippen molar-refractivity contribution < 1.29 is 18.7 Å². The van der Waals surface area contributed by atoms with Crippen molar-refractivity contribution >= 4 is 55.2 Å². The maximum Gasteiger partial charge on any atom is 0.295 e. The summed E-state index contributed by atoms with van der Waals surface area (Å²) in [6.45, 7) is 1.30. The van der Waals surface area contributed by atoms with Gasteiger partial charge in [0.15, 0.2) is 22.2 Å². The van der Waals surface area contributed by atoms with Crippen molar-refractivity contribution in [1.82, 2.24) is 9.88 Å². The molecule has 0 fully saturated rings. The molecule has 2 aromatic heterocycles. The van der Waals surface area contributed by atoms with Crippen molar-refractivity contribution in [2.45, 2.75) is 6.42 Å². The average Bonchev–Trinajstić information content (AvgIpc) is 3.41. The molecule has 2 heterocycles. The van der Waals surface area contributed by atoms with E-state index in [-0.39, 0.29) is 11.7 Å². The fourth-order valence-electron chi connectivity index (χ4n) is 3.49. The monoisotopic (exact) mass is 473 g/mol. The zero-order valence-corrected chi connectivity index (χ0v) is 19.9. The third-order valence-electron chi connectivity index (χ3n) is 5.07. The number of carbonyl (C=O) groups excluding carboxylic acids is 1. The lowest BCUT2D eigenvalue weighted by molar-refractivity contribution is 0.0961. The van der Waals surface area contributed by atoms with E-state index in [2.05, 4.69) is 4.90 Å². The minimum atomic E-state index is -0.267. The fraction of sp³-hybridized carbons (Fsp3) is 0.304. The maximum atomic E-state index is 13.6. The number of halogens is 1. The van der Waals surface area contributed by atoms with Crippen molar-refractivity contribution in [1.29, 1.82) is 0 Å². The molecule has 2 aromatic carbocycles. The standard InChI is InChI=1S/C23H24ClN3O4S/c1-26(2)11-6-12-27(23-25-19-16(29-3)10-9-15(24)21(19)32-23)22(28)18-13-14-7-5-8-17(30-4)20(14)31-18/h5,7-10,13H,6,11-12H2,1-4H3. The Bertz CT molecular complexity index is 1270. The highest BCUT2D eigenvalue weighted by Crippen LogP contribution is 2.39. The summed E-state index contributed by atoms with van der Waals surface area (Å²) in [4.78, 5) is 22.0. The van der Waals surface area contributed by atoms with Crippen molar-refractivity contribution in [3.8, 4) is 11.5 Å². The van der Waals surface area contributed by atoms with Crippen molar-refractivity contribution in [3.05, 3.63) is 47.2 Å². The summed E-state index contributed by atoms with van der Waals surface area (Å²) in [7, 11) is 7.16. The van der Waals surface area contributed by atoms with Crippen LogP contribution in [0.4, 0.5) is 5.13 Å².